The molecule has 1 N–H and O–H groups in total. The topological polar surface area (TPSA) is 71.5 Å². The van der Waals surface area contributed by atoms with E-state index in [4.69, 9.17) is 4.74 Å². The Kier molecular flexibility index (Phi) is 4.76. The molecule has 28 heavy (non-hydrogen) atoms. The molecule has 0 unspecified atom stereocenters. The molecule has 2 amide bonds. The van der Waals surface area contributed by atoms with Gasteiger partial charge in [0, 0.05) is 29.7 Å². The highest BCUT2D eigenvalue weighted by Gasteiger charge is 2.25. The largest absolute Gasteiger partial charge is 0.480 e. The molecule has 2 heterocycles. The summed E-state index contributed by atoms with van der Waals surface area (Å²) in [5.41, 5.74) is 3.67. The van der Waals surface area contributed by atoms with E-state index in [2.05, 4.69) is 10.3 Å². The lowest BCUT2D eigenvalue weighted by atomic mass is 10.1. The molecule has 0 saturated heterocycles. The van der Waals surface area contributed by atoms with Crippen molar-refractivity contribution in [3.8, 4) is 5.88 Å². The number of methoxy groups -OCH3 is 1. The third-order valence-corrected chi connectivity index (χ3v) is 4.73. The van der Waals surface area contributed by atoms with Gasteiger partial charge in [-0.2, -0.15) is 0 Å². The van der Waals surface area contributed by atoms with E-state index in [1.807, 2.05) is 24.3 Å². The molecule has 4 rings (SSSR count). The van der Waals surface area contributed by atoms with Gasteiger partial charge in [-0.05, 0) is 54.4 Å². The summed E-state index contributed by atoms with van der Waals surface area (Å²) in [7, 11) is 1.47. The van der Waals surface area contributed by atoms with Gasteiger partial charge in [0.1, 0.15) is 5.56 Å². The molecule has 6 nitrogen and oxygen atoms in total. The Morgan fingerprint density at radius 3 is 2.61 bits per heavy atom. The SMILES string of the molecule is COc1ncccc1C(=O)Nc1ccc(C(=O)N2CCc3ccccc32)cc1. The van der Waals surface area contributed by atoms with Gasteiger partial charge in [-0.25, -0.2) is 4.98 Å². The normalized spacial score (nSPS) is 12.4. The van der Waals surface area contributed by atoms with Crippen molar-refractivity contribution in [2.75, 3.05) is 23.9 Å². The fraction of sp³-hybridized carbons (Fsp3) is 0.136. The van der Waals surface area contributed by atoms with E-state index in [0.29, 0.717) is 23.4 Å². The Morgan fingerprint density at radius 2 is 1.82 bits per heavy atom. The number of hydrogen-bond donors (Lipinski definition) is 1. The van der Waals surface area contributed by atoms with E-state index >= 15 is 0 Å². The Morgan fingerprint density at radius 1 is 1.04 bits per heavy atom. The molecule has 3 aromatic rings. The third-order valence-electron chi connectivity index (χ3n) is 4.73. The number of amides is 2. The molecular weight excluding hydrogens is 354 g/mol. The number of carbonyl (C=O) groups is 2. The fourth-order valence-corrected chi connectivity index (χ4v) is 3.33. The molecule has 6 heteroatoms. The maximum absolute atomic E-state index is 12.9. The molecule has 0 radical (unpaired) electrons. The van der Waals surface area contributed by atoms with Crippen molar-refractivity contribution in [3.63, 3.8) is 0 Å². The van der Waals surface area contributed by atoms with Crippen LogP contribution in [0.3, 0.4) is 0 Å². The molecule has 1 aliphatic heterocycles. The average molecular weight is 373 g/mol. The summed E-state index contributed by atoms with van der Waals surface area (Å²) in [5.74, 6) is -0.103. The van der Waals surface area contributed by atoms with Gasteiger partial charge in [0.05, 0.1) is 7.11 Å². The Labute approximate surface area is 162 Å². The summed E-state index contributed by atoms with van der Waals surface area (Å²) in [6.45, 7) is 0.678. The average Bonchev–Trinajstić information content (AvgIpc) is 3.18. The molecule has 1 aromatic heterocycles. The van der Waals surface area contributed by atoms with Crippen molar-refractivity contribution in [2.24, 2.45) is 0 Å². The first-order chi connectivity index (χ1) is 13.7. The van der Waals surface area contributed by atoms with E-state index in [0.717, 1.165) is 12.1 Å². The van der Waals surface area contributed by atoms with Gasteiger partial charge in [0.2, 0.25) is 5.88 Å². The number of aromatic nitrogens is 1. The third kappa shape index (κ3) is 3.32. The van der Waals surface area contributed by atoms with Crippen LogP contribution in [-0.4, -0.2) is 30.5 Å². The number of benzene rings is 2. The Hall–Kier alpha value is -3.67. The first-order valence-corrected chi connectivity index (χ1v) is 8.97. The molecule has 2 aromatic carbocycles. The zero-order valence-electron chi connectivity index (χ0n) is 15.4. The highest BCUT2D eigenvalue weighted by atomic mass is 16.5. The predicted molar refractivity (Wildman–Crippen MR) is 107 cm³/mol. The Balaban J connectivity index is 1.49. The quantitative estimate of drug-likeness (QED) is 0.759. The van der Waals surface area contributed by atoms with Crippen molar-refractivity contribution in [2.45, 2.75) is 6.42 Å². The lowest BCUT2D eigenvalue weighted by Crippen LogP contribution is -2.28. The van der Waals surface area contributed by atoms with Crippen molar-refractivity contribution < 1.29 is 14.3 Å². The number of anilines is 2. The number of pyridine rings is 1. The van der Waals surface area contributed by atoms with Crippen molar-refractivity contribution >= 4 is 23.2 Å². The summed E-state index contributed by atoms with van der Waals surface area (Å²) < 4.78 is 5.12. The van der Waals surface area contributed by atoms with Gasteiger partial charge in [0.25, 0.3) is 11.8 Å². The van der Waals surface area contributed by atoms with Gasteiger partial charge < -0.3 is 15.0 Å². The second kappa shape index (κ2) is 7.52. The highest BCUT2D eigenvalue weighted by molar-refractivity contribution is 6.08. The van der Waals surface area contributed by atoms with Gasteiger partial charge in [-0.15, -0.1) is 0 Å². The molecule has 0 atom stereocenters. The smallest absolute Gasteiger partial charge is 0.261 e. The zero-order chi connectivity index (χ0) is 19.5. The summed E-state index contributed by atoms with van der Waals surface area (Å²) in [6.07, 6.45) is 2.43. The molecule has 1 aliphatic rings. The molecule has 0 aliphatic carbocycles. The molecular formula is C22H19N3O3. The van der Waals surface area contributed by atoms with E-state index in [9.17, 15) is 9.59 Å². The van der Waals surface area contributed by atoms with E-state index in [-0.39, 0.29) is 17.7 Å². The Bertz CT molecular complexity index is 1030. The number of carbonyl (C=O) groups excluding carboxylic acids is 2. The number of nitrogens with zero attached hydrogens (tertiary/aromatic N) is 2. The van der Waals surface area contributed by atoms with Crippen molar-refractivity contribution in [1.82, 2.24) is 4.98 Å². The lowest BCUT2D eigenvalue weighted by molar-refractivity contribution is 0.0988. The van der Waals surface area contributed by atoms with Gasteiger partial charge in [0.15, 0.2) is 0 Å². The van der Waals surface area contributed by atoms with Crippen LogP contribution in [0, 0.1) is 0 Å². The van der Waals surface area contributed by atoms with Crippen LogP contribution in [0.5, 0.6) is 5.88 Å². The molecule has 0 fully saturated rings. The molecule has 0 spiro atoms. The minimum atomic E-state index is -0.322. The summed E-state index contributed by atoms with van der Waals surface area (Å²) in [6, 6.07) is 18.1. The van der Waals surface area contributed by atoms with Gasteiger partial charge in [-0.3, -0.25) is 9.59 Å². The maximum atomic E-state index is 12.9. The van der Waals surface area contributed by atoms with E-state index in [1.165, 1.54) is 12.7 Å². The predicted octanol–water partition coefficient (Wildman–Crippen LogP) is 3.55. The number of ether oxygens (including phenoxy) is 1. The second-order valence-corrected chi connectivity index (χ2v) is 6.43. The minimum Gasteiger partial charge on any atom is -0.480 e. The maximum Gasteiger partial charge on any atom is 0.261 e. The van der Waals surface area contributed by atoms with E-state index in [1.54, 1.807) is 47.5 Å². The lowest BCUT2D eigenvalue weighted by Gasteiger charge is -2.17. The summed E-state index contributed by atoms with van der Waals surface area (Å²) in [4.78, 5) is 31.1. The zero-order valence-corrected chi connectivity index (χ0v) is 15.4. The standard InChI is InChI=1S/C22H19N3O3/c1-28-21-18(6-4-13-23-21)20(26)24-17-10-8-16(9-11-17)22(27)25-14-12-15-5-2-3-7-19(15)25/h2-11,13H,12,14H2,1H3,(H,24,26). The van der Waals surface area contributed by atoms with Crippen LogP contribution in [0.15, 0.2) is 66.9 Å². The van der Waals surface area contributed by atoms with Gasteiger partial charge in [-0.1, -0.05) is 18.2 Å². The van der Waals surface area contributed by atoms with Crippen LogP contribution in [0.2, 0.25) is 0 Å². The molecule has 0 bridgehead atoms. The van der Waals surface area contributed by atoms with E-state index < -0.39 is 0 Å². The number of para-hydroxylation sites is 1. The van der Waals surface area contributed by atoms with Crippen LogP contribution in [0.4, 0.5) is 11.4 Å². The number of nitrogens with one attached hydrogen (secondary N) is 1. The van der Waals surface area contributed by atoms with Crippen LogP contribution < -0.4 is 15.0 Å². The number of rotatable bonds is 4. The summed E-state index contributed by atoms with van der Waals surface area (Å²) >= 11 is 0. The van der Waals surface area contributed by atoms with Gasteiger partial charge >= 0.3 is 0 Å². The fourth-order valence-electron chi connectivity index (χ4n) is 3.33. The highest BCUT2D eigenvalue weighted by Crippen LogP contribution is 2.29. The van der Waals surface area contributed by atoms with Crippen LogP contribution >= 0.6 is 0 Å². The van der Waals surface area contributed by atoms with Crippen LogP contribution in [0.25, 0.3) is 0 Å². The first-order valence-electron chi connectivity index (χ1n) is 8.97. The van der Waals surface area contributed by atoms with Crippen LogP contribution in [-0.2, 0) is 6.42 Å². The van der Waals surface area contributed by atoms with Crippen molar-refractivity contribution in [3.05, 3.63) is 83.6 Å². The number of fused-ring (bicyclic) bond motifs is 1. The minimum absolute atomic E-state index is 0.0447. The first kappa shape index (κ1) is 17.7. The monoisotopic (exact) mass is 373 g/mol. The molecule has 0 saturated carbocycles. The summed E-state index contributed by atoms with van der Waals surface area (Å²) in [5, 5.41) is 2.80. The number of hydrogen-bond acceptors (Lipinski definition) is 4. The second-order valence-electron chi connectivity index (χ2n) is 6.43. The molecule has 140 valence electrons. The van der Waals surface area contributed by atoms with Crippen LogP contribution in [0.1, 0.15) is 26.3 Å². The van der Waals surface area contributed by atoms with Crippen molar-refractivity contribution in [1.29, 1.82) is 0 Å².